The van der Waals surface area contributed by atoms with Gasteiger partial charge in [-0.05, 0) is 45.7 Å². The van der Waals surface area contributed by atoms with Gasteiger partial charge in [-0.25, -0.2) is 9.59 Å². The van der Waals surface area contributed by atoms with Crippen molar-refractivity contribution in [2.75, 3.05) is 13.7 Å². The Morgan fingerprint density at radius 2 is 2.00 bits per heavy atom. The molecule has 0 saturated heterocycles. The lowest BCUT2D eigenvalue weighted by molar-refractivity contribution is -0.142. The van der Waals surface area contributed by atoms with Crippen LogP contribution in [0.1, 0.15) is 33.3 Å². The predicted molar refractivity (Wildman–Crippen MR) is 98.3 cm³/mol. The van der Waals surface area contributed by atoms with Crippen LogP contribution in [0.2, 0.25) is 0 Å². The van der Waals surface area contributed by atoms with Gasteiger partial charge >= 0.3 is 12.1 Å². The van der Waals surface area contributed by atoms with E-state index in [-0.39, 0.29) is 12.6 Å². The Morgan fingerprint density at radius 1 is 1.27 bits per heavy atom. The Hall–Kier alpha value is -2.70. The minimum atomic E-state index is -0.531. The summed E-state index contributed by atoms with van der Waals surface area (Å²) in [6.45, 7) is 7.24. The summed E-state index contributed by atoms with van der Waals surface area (Å²) in [7, 11) is 1.32. The summed E-state index contributed by atoms with van der Waals surface area (Å²) in [4.78, 5) is 26.3. The lowest BCUT2D eigenvalue weighted by atomic mass is 10.1. The van der Waals surface area contributed by atoms with Gasteiger partial charge < -0.3 is 24.5 Å². The van der Waals surface area contributed by atoms with E-state index in [1.165, 1.54) is 7.11 Å². The third kappa shape index (κ3) is 5.40. The first-order valence-electron chi connectivity index (χ1n) is 8.47. The number of hydrogen-bond donors (Lipinski definition) is 2. The second-order valence-corrected chi connectivity index (χ2v) is 7.11. The number of rotatable bonds is 6. The van der Waals surface area contributed by atoms with E-state index in [9.17, 15) is 9.59 Å². The van der Waals surface area contributed by atoms with Crippen molar-refractivity contribution in [2.45, 2.75) is 45.8 Å². The van der Waals surface area contributed by atoms with Gasteiger partial charge in [0, 0.05) is 17.6 Å². The molecule has 0 bridgehead atoms. The molecule has 2 aromatic rings. The summed E-state index contributed by atoms with van der Waals surface area (Å²) in [5.74, 6) is 0.135. The zero-order chi connectivity index (χ0) is 19.3. The number of para-hydroxylation sites is 1. The number of carbonyl (C=O) groups is 2. The highest BCUT2D eigenvalue weighted by Crippen LogP contribution is 2.28. The SMILES string of the molecule is COC(=O)COc1cccc2c(CC(C)NC(=O)OC(C)(C)C)c[nH]c12. The molecular formula is C19H26N2O5. The summed E-state index contributed by atoms with van der Waals surface area (Å²) in [6, 6.07) is 5.50. The Morgan fingerprint density at radius 3 is 2.65 bits per heavy atom. The van der Waals surface area contributed by atoms with Crippen molar-refractivity contribution in [3.05, 3.63) is 30.0 Å². The van der Waals surface area contributed by atoms with Crippen LogP contribution >= 0.6 is 0 Å². The molecular weight excluding hydrogens is 336 g/mol. The van der Waals surface area contributed by atoms with Crippen LogP contribution in [0.25, 0.3) is 10.9 Å². The van der Waals surface area contributed by atoms with Crippen molar-refractivity contribution in [3.63, 3.8) is 0 Å². The molecule has 1 atom stereocenters. The normalized spacial score (nSPS) is 12.5. The van der Waals surface area contributed by atoms with Gasteiger partial charge in [0.05, 0.1) is 12.6 Å². The molecule has 1 aromatic heterocycles. The third-order valence-electron chi connectivity index (χ3n) is 3.63. The highest BCUT2D eigenvalue weighted by atomic mass is 16.6. The molecule has 0 spiro atoms. The van der Waals surface area contributed by atoms with Gasteiger partial charge in [0.15, 0.2) is 6.61 Å². The maximum Gasteiger partial charge on any atom is 0.407 e. The van der Waals surface area contributed by atoms with Crippen molar-refractivity contribution < 1.29 is 23.8 Å². The van der Waals surface area contributed by atoms with E-state index in [1.807, 2.05) is 46.0 Å². The van der Waals surface area contributed by atoms with E-state index < -0.39 is 17.7 Å². The van der Waals surface area contributed by atoms with Gasteiger partial charge in [-0.15, -0.1) is 0 Å². The first kappa shape index (κ1) is 19.6. The van der Waals surface area contributed by atoms with E-state index in [1.54, 1.807) is 6.07 Å². The molecule has 2 rings (SSSR count). The lowest BCUT2D eigenvalue weighted by Crippen LogP contribution is -2.38. The molecule has 7 heteroatoms. The second kappa shape index (κ2) is 8.12. The fourth-order valence-corrected chi connectivity index (χ4v) is 2.56. The standard InChI is InChI=1S/C19H26N2O5/c1-12(21-18(23)26-19(2,3)4)9-13-10-20-17-14(13)7-6-8-15(17)25-11-16(22)24-5/h6-8,10,12,20H,9,11H2,1-5H3,(H,21,23). The Balaban J connectivity index is 2.06. The maximum atomic E-state index is 11.9. The van der Waals surface area contributed by atoms with E-state index in [0.29, 0.717) is 12.2 Å². The number of hydrogen-bond acceptors (Lipinski definition) is 5. The molecule has 1 heterocycles. The number of amides is 1. The summed E-state index contributed by atoms with van der Waals surface area (Å²) in [5.41, 5.74) is 1.30. The molecule has 142 valence electrons. The first-order chi connectivity index (χ1) is 12.2. The molecule has 0 aliphatic heterocycles. The number of aromatic amines is 1. The van der Waals surface area contributed by atoms with Gasteiger partial charge in [0.2, 0.25) is 0 Å². The van der Waals surface area contributed by atoms with E-state index >= 15 is 0 Å². The maximum absolute atomic E-state index is 11.9. The molecule has 0 radical (unpaired) electrons. The molecule has 7 nitrogen and oxygen atoms in total. The summed E-state index contributed by atoms with van der Waals surface area (Å²) < 4.78 is 15.4. The number of ether oxygens (including phenoxy) is 3. The first-order valence-corrected chi connectivity index (χ1v) is 8.47. The zero-order valence-electron chi connectivity index (χ0n) is 15.8. The molecule has 0 aliphatic carbocycles. The van der Waals surface area contributed by atoms with Crippen molar-refractivity contribution in [3.8, 4) is 5.75 Å². The Kier molecular flexibility index (Phi) is 6.13. The number of benzene rings is 1. The van der Waals surface area contributed by atoms with Crippen molar-refractivity contribution in [1.29, 1.82) is 0 Å². The molecule has 1 unspecified atom stereocenters. The van der Waals surface area contributed by atoms with Gasteiger partial charge in [0.1, 0.15) is 11.4 Å². The monoisotopic (exact) mass is 362 g/mol. The lowest BCUT2D eigenvalue weighted by Gasteiger charge is -2.21. The van der Waals surface area contributed by atoms with Crippen LogP contribution in [0, 0.1) is 0 Å². The fraction of sp³-hybridized carbons (Fsp3) is 0.474. The predicted octanol–water partition coefficient (Wildman–Crippen LogP) is 3.18. The number of nitrogens with one attached hydrogen (secondary N) is 2. The molecule has 0 saturated carbocycles. The van der Waals surface area contributed by atoms with Gasteiger partial charge in [-0.1, -0.05) is 12.1 Å². The minimum absolute atomic E-state index is 0.108. The summed E-state index contributed by atoms with van der Waals surface area (Å²) >= 11 is 0. The van der Waals surface area contributed by atoms with Crippen molar-refractivity contribution in [2.24, 2.45) is 0 Å². The molecule has 0 fully saturated rings. The number of esters is 1. The van der Waals surface area contributed by atoms with Crippen LogP contribution in [0.3, 0.4) is 0 Å². The van der Waals surface area contributed by atoms with E-state index in [2.05, 4.69) is 15.0 Å². The van der Waals surface area contributed by atoms with Crippen molar-refractivity contribution >= 4 is 23.0 Å². The van der Waals surface area contributed by atoms with Gasteiger partial charge in [-0.3, -0.25) is 0 Å². The topological polar surface area (TPSA) is 89.7 Å². The molecule has 0 aliphatic rings. The molecule has 1 aromatic carbocycles. The Labute approximate surface area is 153 Å². The van der Waals surface area contributed by atoms with Crippen LogP contribution in [0.4, 0.5) is 4.79 Å². The van der Waals surface area contributed by atoms with Crippen LogP contribution < -0.4 is 10.1 Å². The highest BCUT2D eigenvalue weighted by Gasteiger charge is 2.19. The highest BCUT2D eigenvalue weighted by molar-refractivity contribution is 5.88. The third-order valence-corrected chi connectivity index (χ3v) is 3.63. The number of carbonyl (C=O) groups excluding carboxylic acids is 2. The van der Waals surface area contributed by atoms with Crippen LogP contribution in [-0.2, 0) is 20.7 Å². The second-order valence-electron chi connectivity index (χ2n) is 7.11. The molecule has 1 amide bonds. The smallest absolute Gasteiger partial charge is 0.407 e. The van der Waals surface area contributed by atoms with Crippen LogP contribution in [0.5, 0.6) is 5.75 Å². The van der Waals surface area contributed by atoms with Crippen LogP contribution in [-0.4, -0.2) is 42.4 Å². The number of fused-ring (bicyclic) bond motifs is 1. The molecule has 2 N–H and O–H groups in total. The summed E-state index contributed by atoms with van der Waals surface area (Å²) in [6.07, 6.45) is 2.06. The number of H-pyrrole nitrogens is 1. The quantitative estimate of drug-likeness (QED) is 0.771. The van der Waals surface area contributed by atoms with Gasteiger partial charge in [-0.2, -0.15) is 0 Å². The average molecular weight is 362 g/mol. The average Bonchev–Trinajstić information content (AvgIpc) is 2.94. The van der Waals surface area contributed by atoms with E-state index in [0.717, 1.165) is 16.5 Å². The van der Waals surface area contributed by atoms with Crippen LogP contribution in [0.15, 0.2) is 24.4 Å². The van der Waals surface area contributed by atoms with Gasteiger partial charge in [0.25, 0.3) is 0 Å². The fourth-order valence-electron chi connectivity index (χ4n) is 2.56. The zero-order valence-corrected chi connectivity index (χ0v) is 15.8. The Bertz CT molecular complexity index is 776. The number of aromatic nitrogens is 1. The number of methoxy groups -OCH3 is 1. The molecule has 26 heavy (non-hydrogen) atoms. The minimum Gasteiger partial charge on any atom is -0.480 e. The summed E-state index contributed by atoms with van der Waals surface area (Å²) in [5, 5.41) is 3.81. The van der Waals surface area contributed by atoms with Crippen molar-refractivity contribution in [1.82, 2.24) is 10.3 Å². The van der Waals surface area contributed by atoms with E-state index in [4.69, 9.17) is 9.47 Å². The largest absolute Gasteiger partial charge is 0.480 e. The number of alkyl carbamates (subject to hydrolysis) is 1.